The van der Waals surface area contributed by atoms with Gasteiger partial charge in [0.15, 0.2) is 38.3 Å². The van der Waals surface area contributed by atoms with Crippen LogP contribution in [0.2, 0.25) is 5.15 Å². The number of carbonyl (C=O) groups excluding carboxylic acids is 1. The van der Waals surface area contributed by atoms with E-state index >= 15 is 0 Å². The number of guanidine groups is 1. The number of hydrogen-bond donors (Lipinski definition) is 6. The number of phenolic OH excluding ortho intramolecular Hbond substituents is 1. The molecule has 2 atom stereocenters. The van der Waals surface area contributed by atoms with Gasteiger partial charge in [-0.1, -0.05) is 37.4 Å². The van der Waals surface area contributed by atoms with E-state index in [0.717, 1.165) is 64.4 Å². The van der Waals surface area contributed by atoms with Crippen molar-refractivity contribution < 1.29 is 23.4 Å². The lowest BCUT2D eigenvalue weighted by Crippen LogP contribution is -2.38. The highest BCUT2D eigenvalue weighted by atomic mass is 35.5. The minimum Gasteiger partial charge on any atom is -0.508 e. The summed E-state index contributed by atoms with van der Waals surface area (Å²) in [4.78, 5) is 26.7. The molecule has 15 heteroatoms. The number of aliphatic hydroxyl groups is 1. The Kier molecular flexibility index (Phi) is 14.3. The second-order valence-electron chi connectivity index (χ2n) is 12.4. The van der Waals surface area contributed by atoms with Gasteiger partial charge in [-0.15, -0.1) is 0 Å². The van der Waals surface area contributed by atoms with Crippen LogP contribution in [0, 0.1) is 11.8 Å². The average Bonchev–Trinajstić information content (AvgIpc) is 2.98. The second-order valence-corrected chi connectivity index (χ2v) is 14.9. The van der Waals surface area contributed by atoms with Crippen molar-refractivity contribution in [1.82, 2.24) is 20.2 Å². The Bertz CT molecular complexity index is 1450. The summed E-state index contributed by atoms with van der Waals surface area (Å²) < 4.78 is 23.3. The van der Waals surface area contributed by atoms with Crippen LogP contribution < -0.4 is 22.5 Å². The molecule has 0 bridgehead atoms. The fourth-order valence-electron chi connectivity index (χ4n) is 5.69. The first-order valence-corrected chi connectivity index (χ1v) is 18.2. The van der Waals surface area contributed by atoms with E-state index in [1.807, 2.05) is 0 Å². The number of carbonyl (C=O) groups is 1. The SMILES string of the molecule is C[C@H](CCCN1CCC(CCCCN=C(N)NC(=O)c2nc(Cl)c(N)nc2N)CC1)CC[C@H](O)c1ccc(O)c(CS(C)(=O)=O)c1. The van der Waals surface area contributed by atoms with Crippen molar-refractivity contribution in [3.63, 3.8) is 0 Å². The number of rotatable bonds is 16. The van der Waals surface area contributed by atoms with Crippen molar-refractivity contribution in [3.8, 4) is 5.75 Å². The van der Waals surface area contributed by atoms with E-state index in [0.29, 0.717) is 35.9 Å². The van der Waals surface area contributed by atoms with Crippen LogP contribution >= 0.6 is 11.6 Å². The third kappa shape index (κ3) is 12.5. The van der Waals surface area contributed by atoms with Crippen molar-refractivity contribution >= 4 is 44.9 Å². The first-order chi connectivity index (χ1) is 21.7. The van der Waals surface area contributed by atoms with Crippen molar-refractivity contribution in [2.24, 2.45) is 22.6 Å². The number of nitrogen functional groups attached to an aromatic ring is 2. The predicted octanol–water partition coefficient (Wildman–Crippen LogP) is 3.40. The minimum atomic E-state index is -3.29. The Balaban J connectivity index is 1.25. The number of nitrogens with one attached hydrogen (secondary N) is 1. The summed E-state index contributed by atoms with van der Waals surface area (Å²) in [5.41, 5.74) is 17.9. The topological polar surface area (TPSA) is 223 Å². The first-order valence-electron chi connectivity index (χ1n) is 15.8. The standard InChI is InChI=1S/C31H49ClN8O5S/c1-20(8-10-24(41)22-9-11-25(42)23(18-22)19-46(2,44)45)6-5-15-40-16-12-21(13-17-40)7-3-4-14-36-31(35)39-30(43)26-28(33)38-29(34)27(32)37-26/h9,11,18,20-21,24,41-42H,3-8,10,12-17,19H2,1-2H3,(H4,33,34,38)(H3,35,36,39,43)/t20-,24+/m1/s1. The monoisotopic (exact) mass is 680 g/mol. The summed E-state index contributed by atoms with van der Waals surface area (Å²) in [6, 6.07) is 4.70. The fourth-order valence-corrected chi connectivity index (χ4v) is 6.62. The molecule has 1 aliphatic rings. The molecule has 256 valence electrons. The summed E-state index contributed by atoms with van der Waals surface area (Å²) in [7, 11) is -3.29. The number of likely N-dealkylation sites (tertiary alicyclic amines) is 1. The van der Waals surface area contributed by atoms with Crippen LogP contribution in [0.1, 0.15) is 92.4 Å². The Morgan fingerprint density at radius 2 is 1.85 bits per heavy atom. The molecular weight excluding hydrogens is 632 g/mol. The maximum atomic E-state index is 12.3. The number of halogens is 1. The molecule has 13 nitrogen and oxygen atoms in total. The number of nitrogens with zero attached hydrogens (tertiary/aromatic N) is 4. The van der Waals surface area contributed by atoms with Crippen LogP contribution in [0.15, 0.2) is 23.2 Å². The van der Waals surface area contributed by atoms with E-state index in [-0.39, 0.29) is 39.9 Å². The third-order valence-corrected chi connectivity index (χ3v) is 9.50. The van der Waals surface area contributed by atoms with Crippen LogP contribution in [0.4, 0.5) is 11.6 Å². The van der Waals surface area contributed by atoms with Gasteiger partial charge in [0, 0.05) is 18.4 Å². The molecule has 0 unspecified atom stereocenters. The van der Waals surface area contributed by atoms with E-state index in [2.05, 4.69) is 32.1 Å². The van der Waals surface area contributed by atoms with E-state index in [1.54, 1.807) is 12.1 Å². The first kappa shape index (κ1) is 37.3. The molecule has 9 N–H and O–H groups in total. The number of piperidine rings is 1. The third-order valence-electron chi connectivity index (χ3n) is 8.38. The van der Waals surface area contributed by atoms with Crippen molar-refractivity contribution in [2.45, 2.75) is 76.6 Å². The van der Waals surface area contributed by atoms with Crippen LogP contribution in [0.25, 0.3) is 0 Å². The number of aliphatic hydroxyl groups excluding tert-OH is 1. The number of unbranched alkanes of at least 4 members (excludes halogenated alkanes) is 1. The number of hydrogen-bond acceptors (Lipinski definition) is 11. The number of aromatic nitrogens is 2. The highest BCUT2D eigenvalue weighted by Crippen LogP contribution is 2.28. The smallest absolute Gasteiger partial charge is 0.280 e. The van der Waals surface area contributed by atoms with Crippen LogP contribution in [0.3, 0.4) is 0 Å². The number of aromatic hydroxyl groups is 1. The Morgan fingerprint density at radius 1 is 1.13 bits per heavy atom. The molecule has 1 fully saturated rings. The molecule has 1 aromatic carbocycles. The molecule has 0 radical (unpaired) electrons. The molecule has 46 heavy (non-hydrogen) atoms. The van der Waals surface area contributed by atoms with Gasteiger partial charge in [0.25, 0.3) is 5.91 Å². The largest absolute Gasteiger partial charge is 0.508 e. The molecule has 1 saturated heterocycles. The summed E-state index contributed by atoms with van der Waals surface area (Å²) in [5, 5.41) is 23.0. The maximum Gasteiger partial charge on any atom is 0.280 e. The predicted molar refractivity (Wildman–Crippen MR) is 182 cm³/mol. The minimum absolute atomic E-state index is 0.0178. The van der Waals surface area contributed by atoms with Gasteiger partial charge in [0.05, 0.1) is 11.9 Å². The van der Waals surface area contributed by atoms with Gasteiger partial charge in [0.2, 0.25) is 0 Å². The van der Waals surface area contributed by atoms with Gasteiger partial charge in [0.1, 0.15) is 5.75 Å². The number of benzene rings is 1. The van der Waals surface area contributed by atoms with Crippen molar-refractivity contribution in [3.05, 3.63) is 40.2 Å². The van der Waals surface area contributed by atoms with E-state index < -0.39 is 21.8 Å². The van der Waals surface area contributed by atoms with Gasteiger partial charge >= 0.3 is 0 Å². The molecule has 0 aliphatic carbocycles. The van der Waals surface area contributed by atoms with E-state index in [9.17, 15) is 23.4 Å². The summed E-state index contributed by atoms with van der Waals surface area (Å²) >= 11 is 5.82. The molecule has 0 spiro atoms. The molecule has 2 heterocycles. The molecule has 1 aliphatic heterocycles. The van der Waals surface area contributed by atoms with Gasteiger partial charge in [-0.05, 0) is 94.1 Å². The number of nitrogens with two attached hydrogens (primary N) is 3. The van der Waals surface area contributed by atoms with E-state index in [1.165, 1.54) is 18.9 Å². The van der Waals surface area contributed by atoms with Crippen LogP contribution in [0.5, 0.6) is 5.75 Å². The van der Waals surface area contributed by atoms with Crippen LogP contribution in [-0.2, 0) is 15.6 Å². The maximum absolute atomic E-state index is 12.3. The van der Waals surface area contributed by atoms with Gasteiger partial charge < -0.3 is 32.3 Å². The highest BCUT2D eigenvalue weighted by Gasteiger charge is 2.20. The molecule has 2 aromatic rings. The Morgan fingerprint density at radius 3 is 2.54 bits per heavy atom. The molecule has 3 rings (SSSR count). The zero-order valence-electron chi connectivity index (χ0n) is 26.8. The summed E-state index contributed by atoms with van der Waals surface area (Å²) in [5.74, 6) is -0.0224. The molecule has 1 amide bonds. The molecular formula is C31H49ClN8O5S. The number of sulfone groups is 1. The zero-order valence-corrected chi connectivity index (χ0v) is 28.4. The Labute approximate surface area is 276 Å². The zero-order chi connectivity index (χ0) is 33.9. The number of amides is 1. The van der Waals surface area contributed by atoms with Gasteiger partial charge in [-0.3, -0.25) is 15.1 Å². The normalized spacial score (nSPS) is 16.3. The van der Waals surface area contributed by atoms with Crippen molar-refractivity contribution in [1.29, 1.82) is 0 Å². The number of aliphatic imine (C=N–C) groups is 1. The molecule has 1 aromatic heterocycles. The lowest BCUT2D eigenvalue weighted by molar-refractivity contribution is 0.0972. The average molecular weight is 681 g/mol. The lowest BCUT2D eigenvalue weighted by atomic mass is 9.91. The summed E-state index contributed by atoms with van der Waals surface area (Å²) in [6.07, 6.45) is 9.50. The Hall–Kier alpha value is -3.20. The molecule has 0 saturated carbocycles. The van der Waals surface area contributed by atoms with Crippen LogP contribution in [-0.4, -0.2) is 77.8 Å². The van der Waals surface area contributed by atoms with Crippen molar-refractivity contribution in [2.75, 3.05) is 43.9 Å². The van der Waals surface area contributed by atoms with Gasteiger partial charge in [-0.2, -0.15) is 0 Å². The number of anilines is 2. The van der Waals surface area contributed by atoms with E-state index in [4.69, 9.17) is 28.8 Å². The van der Waals surface area contributed by atoms with Gasteiger partial charge in [-0.25, -0.2) is 18.4 Å². The summed E-state index contributed by atoms with van der Waals surface area (Å²) in [6.45, 7) is 5.99. The highest BCUT2D eigenvalue weighted by molar-refractivity contribution is 7.89. The lowest BCUT2D eigenvalue weighted by Gasteiger charge is -2.32. The second kappa shape index (κ2) is 17.6. The number of phenols is 1. The quantitative estimate of drug-likeness (QED) is 0.0856. The fraction of sp³-hybridized carbons (Fsp3) is 0.613.